The highest BCUT2D eigenvalue weighted by Gasteiger charge is 2.26. The number of carbonyl (C=O) groups is 3. The molecule has 0 saturated heterocycles. The van der Waals surface area contributed by atoms with Gasteiger partial charge in [-0.05, 0) is 54.8 Å². The number of nitrogens with one attached hydrogen (secondary N) is 2. The third-order valence-electron chi connectivity index (χ3n) is 7.37. The topological polar surface area (TPSA) is 164 Å². The Morgan fingerprint density at radius 3 is 2.15 bits per heavy atom. The Hall–Kier alpha value is -4.95. The van der Waals surface area contributed by atoms with Gasteiger partial charge < -0.3 is 15.7 Å². The summed E-state index contributed by atoms with van der Waals surface area (Å²) in [6.07, 6.45) is 1.42. The fourth-order valence-electron chi connectivity index (χ4n) is 4.63. The quantitative estimate of drug-likeness (QED) is 0.186. The van der Waals surface area contributed by atoms with Gasteiger partial charge in [-0.1, -0.05) is 47.7 Å². The van der Waals surface area contributed by atoms with Crippen LogP contribution in [0.2, 0.25) is 0 Å². The molecule has 0 fully saturated rings. The number of ketones is 1. The van der Waals surface area contributed by atoms with Crippen molar-refractivity contribution in [1.29, 1.82) is 0 Å². The SMILES string of the molecule is CC(=O)c1cn(C[C@H](O)[C@H](Cc2ccccc2)NC(=O)c2cc(C(=O)N[C@H](C)c3ccc(F)cc3)cc(N(C)S(C)(=O)=O)c2)nn1. The molecule has 0 bridgehead atoms. The van der Waals surface area contributed by atoms with Gasteiger partial charge in [0, 0.05) is 25.1 Å². The van der Waals surface area contributed by atoms with Crippen molar-refractivity contribution in [3.8, 4) is 0 Å². The predicted molar refractivity (Wildman–Crippen MR) is 169 cm³/mol. The highest BCUT2D eigenvalue weighted by molar-refractivity contribution is 7.92. The number of anilines is 1. The van der Waals surface area contributed by atoms with Crippen LogP contribution in [0.1, 0.15) is 62.2 Å². The standard InChI is InChI=1S/C32H35FN6O6S/c1-20(23-10-12-26(33)13-11-23)34-31(42)24-15-25(17-27(16-24)38(3)46(4,44)45)32(43)35-28(14-22-8-6-5-7-9-22)30(41)19-39-18-29(21(2)40)36-37-39/h5-13,15-18,20,28,30,41H,14,19H2,1-4H3,(H,34,42)(H,35,43)/t20-,28+,30+/m1/s1. The van der Waals surface area contributed by atoms with Crippen LogP contribution in [-0.4, -0.2) is 71.6 Å². The van der Waals surface area contributed by atoms with E-state index in [-0.39, 0.29) is 41.3 Å². The van der Waals surface area contributed by atoms with E-state index in [1.54, 1.807) is 6.92 Å². The van der Waals surface area contributed by atoms with E-state index in [0.29, 0.717) is 5.56 Å². The van der Waals surface area contributed by atoms with Crippen molar-refractivity contribution in [3.05, 3.63) is 113 Å². The normalized spacial score (nSPS) is 13.3. The lowest BCUT2D eigenvalue weighted by atomic mass is 10.00. The molecule has 4 rings (SSSR count). The first-order valence-electron chi connectivity index (χ1n) is 14.3. The van der Waals surface area contributed by atoms with Crippen molar-refractivity contribution in [2.24, 2.45) is 0 Å². The first-order valence-corrected chi connectivity index (χ1v) is 16.2. The van der Waals surface area contributed by atoms with E-state index in [1.165, 1.54) is 67.3 Å². The second-order valence-electron chi connectivity index (χ2n) is 11.0. The summed E-state index contributed by atoms with van der Waals surface area (Å²) in [5.41, 5.74) is 1.62. The van der Waals surface area contributed by atoms with Gasteiger partial charge in [0.25, 0.3) is 11.8 Å². The number of hydrogen-bond donors (Lipinski definition) is 3. The number of aliphatic hydroxyl groups is 1. The van der Waals surface area contributed by atoms with Gasteiger partial charge in [-0.2, -0.15) is 0 Å². The van der Waals surface area contributed by atoms with Gasteiger partial charge >= 0.3 is 0 Å². The van der Waals surface area contributed by atoms with E-state index < -0.39 is 45.8 Å². The van der Waals surface area contributed by atoms with E-state index in [2.05, 4.69) is 20.9 Å². The number of aromatic nitrogens is 3. The summed E-state index contributed by atoms with van der Waals surface area (Å²) in [6.45, 7) is 2.95. The van der Waals surface area contributed by atoms with Crippen molar-refractivity contribution in [2.45, 2.75) is 45.0 Å². The summed E-state index contributed by atoms with van der Waals surface area (Å²) < 4.78 is 40.4. The zero-order chi connectivity index (χ0) is 33.6. The molecule has 0 radical (unpaired) electrons. The predicted octanol–water partition coefficient (Wildman–Crippen LogP) is 2.91. The molecule has 2 amide bonds. The zero-order valence-electron chi connectivity index (χ0n) is 25.7. The molecule has 3 aromatic carbocycles. The van der Waals surface area contributed by atoms with Crippen LogP contribution in [0.4, 0.5) is 10.1 Å². The molecule has 3 N–H and O–H groups in total. The molecule has 0 spiro atoms. The Morgan fingerprint density at radius 2 is 1.59 bits per heavy atom. The maximum Gasteiger partial charge on any atom is 0.251 e. The van der Waals surface area contributed by atoms with Gasteiger partial charge in [-0.3, -0.25) is 18.7 Å². The number of sulfonamides is 1. The monoisotopic (exact) mass is 650 g/mol. The summed E-state index contributed by atoms with van der Waals surface area (Å²) in [5, 5.41) is 24.5. The molecular weight excluding hydrogens is 615 g/mol. The number of aliphatic hydroxyl groups excluding tert-OH is 1. The number of Topliss-reactive ketones (excluding diaryl/α,β-unsaturated/α-hetero) is 1. The van der Waals surface area contributed by atoms with Gasteiger partial charge in [-0.15, -0.1) is 5.10 Å². The molecule has 1 aromatic heterocycles. The Kier molecular flexibility index (Phi) is 10.6. The molecule has 242 valence electrons. The number of hydrogen-bond acceptors (Lipinski definition) is 8. The molecule has 12 nitrogen and oxygen atoms in total. The largest absolute Gasteiger partial charge is 0.389 e. The molecule has 14 heteroatoms. The van der Waals surface area contributed by atoms with Crippen LogP contribution < -0.4 is 14.9 Å². The summed E-state index contributed by atoms with van der Waals surface area (Å²) in [5.74, 6) is -1.98. The van der Waals surface area contributed by atoms with Crippen LogP contribution in [0.15, 0.2) is 79.0 Å². The first-order chi connectivity index (χ1) is 21.7. The van der Waals surface area contributed by atoms with E-state index in [1.807, 2.05) is 30.3 Å². The number of carbonyl (C=O) groups excluding carboxylic acids is 3. The number of benzene rings is 3. The van der Waals surface area contributed by atoms with E-state index >= 15 is 0 Å². The third-order valence-corrected chi connectivity index (χ3v) is 8.58. The van der Waals surface area contributed by atoms with Crippen LogP contribution >= 0.6 is 0 Å². The number of nitrogens with zero attached hydrogens (tertiary/aromatic N) is 4. The Balaban J connectivity index is 1.64. The van der Waals surface area contributed by atoms with E-state index in [0.717, 1.165) is 16.1 Å². The number of rotatable bonds is 13. The van der Waals surface area contributed by atoms with Crippen LogP contribution in [-0.2, 0) is 23.0 Å². The lowest BCUT2D eigenvalue weighted by Gasteiger charge is -2.25. The first kappa shape index (κ1) is 33.9. The van der Waals surface area contributed by atoms with Crippen LogP contribution in [0.5, 0.6) is 0 Å². The fraction of sp³-hybridized carbons (Fsp3) is 0.281. The zero-order valence-corrected chi connectivity index (χ0v) is 26.5. The molecule has 4 aromatic rings. The molecule has 3 atom stereocenters. The van der Waals surface area contributed by atoms with Crippen molar-refractivity contribution in [1.82, 2.24) is 25.6 Å². The third kappa shape index (κ3) is 8.82. The summed E-state index contributed by atoms with van der Waals surface area (Å²) >= 11 is 0. The fourth-order valence-corrected chi connectivity index (χ4v) is 5.12. The number of amides is 2. The number of halogens is 1. The molecule has 0 aliphatic carbocycles. The average molecular weight is 651 g/mol. The highest BCUT2D eigenvalue weighted by atomic mass is 32.2. The molecular formula is C32H35FN6O6S. The molecule has 0 unspecified atom stereocenters. The van der Waals surface area contributed by atoms with E-state index in [4.69, 9.17) is 0 Å². The van der Waals surface area contributed by atoms with Gasteiger partial charge in [-0.25, -0.2) is 17.5 Å². The summed E-state index contributed by atoms with van der Waals surface area (Å²) in [6, 6.07) is 17.3. The minimum absolute atomic E-state index is 0.00615. The maximum atomic E-state index is 13.7. The van der Waals surface area contributed by atoms with E-state index in [9.17, 15) is 32.3 Å². The second-order valence-corrected chi connectivity index (χ2v) is 13.0. The molecule has 0 saturated carbocycles. The smallest absolute Gasteiger partial charge is 0.251 e. The van der Waals surface area contributed by atoms with Gasteiger partial charge in [0.05, 0.1) is 42.9 Å². The van der Waals surface area contributed by atoms with Gasteiger partial charge in [0.2, 0.25) is 10.0 Å². The van der Waals surface area contributed by atoms with Crippen molar-refractivity contribution in [3.63, 3.8) is 0 Å². The van der Waals surface area contributed by atoms with Crippen LogP contribution in [0, 0.1) is 5.82 Å². The molecule has 0 aliphatic rings. The van der Waals surface area contributed by atoms with Crippen molar-refractivity contribution in [2.75, 3.05) is 17.6 Å². The maximum absolute atomic E-state index is 13.7. The van der Waals surface area contributed by atoms with Crippen LogP contribution in [0.25, 0.3) is 0 Å². The minimum Gasteiger partial charge on any atom is -0.389 e. The minimum atomic E-state index is -3.77. The Morgan fingerprint density at radius 1 is 0.978 bits per heavy atom. The lowest BCUT2D eigenvalue weighted by Crippen LogP contribution is -2.46. The molecule has 46 heavy (non-hydrogen) atoms. The van der Waals surface area contributed by atoms with Crippen molar-refractivity contribution < 1.29 is 32.3 Å². The molecule has 0 aliphatic heterocycles. The average Bonchev–Trinajstić information content (AvgIpc) is 3.49. The summed E-state index contributed by atoms with van der Waals surface area (Å²) in [4.78, 5) is 38.7. The summed E-state index contributed by atoms with van der Waals surface area (Å²) in [7, 11) is -2.48. The Labute approximate surface area is 266 Å². The lowest BCUT2D eigenvalue weighted by molar-refractivity contribution is 0.0779. The highest BCUT2D eigenvalue weighted by Crippen LogP contribution is 2.23. The Bertz CT molecular complexity index is 1810. The second kappa shape index (κ2) is 14.4. The van der Waals surface area contributed by atoms with Gasteiger partial charge in [0.15, 0.2) is 5.78 Å². The molecule has 1 heterocycles. The van der Waals surface area contributed by atoms with Crippen LogP contribution in [0.3, 0.4) is 0 Å². The van der Waals surface area contributed by atoms with Crippen molar-refractivity contribution >= 4 is 33.3 Å². The van der Waals surface area contributed by atoms with Gasteiger partial charge in [0.1, 0.15) is 11.5 Å².